The fraction of sp³-hybridized carbons (Fsp3) is 0.286. The number of benzene rings is 1. The van der Waals surface area contributed by atoms with Crippen molar-refractivity contribution in [3.63, 3.8) is 0 Å². The van der Waals surface area contributed by atoms with Crippen LogP contribution < -0.4 is 16.9 Å². The number of aromatic nitrogens is 3. The number of imide groups is 1. The Bertz CT molecular complexity index is 746. The highest BCUT2D eigenvalue weighted by Crippen LogP contribution is 2.29. The molecule has 3 amide bonds. The maximum Gasteiger partial charge on any atom is 0.318 e. The molecular weight excluding hydrogens is 352 g/mol. The van der Waals surface area contributed by atoms with Crippen LogP contribution in [0.15, 0.2) is 29.4 Å². The van der Waals surface area contributed by atoms with Crippen molar-refractivity contribution in [2.75, 3.05) is 5.84 Å². The Balaban J connectivity index is 2.24. The molecule has 1 aromatic heterocycles. The molecule has 0 aliphatic heterocycles. The number of nitrogens with zero attached hydrogens (tertiary/aromatic N) is 3. The highest BCUT2D eigenvalue weighted by molar-refractivity contribution is 8.00. The second-order valence-corrected chi connectivity index (χ2v) is 6.86. The number of nitrogen functional groups attached to an aromatic ring is 1. The summed E-state index contributed by atoms with van der Waals surface area (Å²) >= 11 is 6.97. The van der Waals surface area contributed by atoms with Crippen molar-refractivity contribution in [1.82, 2.24) is 20.2 Å². The molecule has 0 bridgehead atoms. The van der Waals surface area contributed by atoms with Gasteiger partial charge in [0.2, 0.25) is 11.1 Å². The lowest BCUT2D eigenvalue weighted by molar-refractivity contribution is -0.120. The fourth-order valence-electron chi connectivity index (χ4n) is 1.95. The van der Waals surface area contributed by atoms with E-state index in [0.29, 0.717) is 16.0 Å². The number of carbonyl (C=O) groups is 2. The molecule has 1 atom stereocenters. The monoisotopic (exact) mass is 368 g/mol. The van der Waals surface area contributed by atoms with E-state index in [-0.39, 0.29) is 5.92 Å². The van der Waals surface area contributed by atoms with Gasteiger partial charge in [0.05, 0.1) is 5.25 Å². The summed E-state index contributed by atoms with van der Waals surface area (Å²) in [6, 6.07) is 6.07. The van der Waals surface area contributed by atoms with Gasteiger partial charge in [0, 0.05) is 10.6 Å². The van der Waals surface area contributed by atoms with Gasteiger partial charge in [-0.3, -0.25) is 10.1 Å². The van der Waals surface area contributed by atoms with Crippen LogP contribution in [0.1, 0.15) is 13.8 Å². The molecule has 0 spiro atoms. The van der Waals surface area contributed by atoms with Gasteiger partial charge in [-0.25, -0.2) is 9.47 Å². The Morgan fingerprint density at radius 1 is 1.25 bits per heavy atom. The lowest BCUT2D eigenvalue weighted by Gasteiger charge is -2.17. The van der Waals surface area contributed by atoms with Crippen molar-refractivity contribution >= 4 is 35.3 Å². The first-order valence-corrected chi connectivity index (χ1v) is 8.28. The molecule has 8 nitrogen and oxygen atoms in total. The summed E-state index contributed by atoms with van der Waals surface area (Å²) < 4.78 is 1.29. The first-order valence-electron chi connectivity index (χ1n) is 7.03. The van der Waals surface area contributed by atoms with Crippen LogP contribution in [0.3, 0.4) is 0 Å². The number of halogens is 1. The number of carbonyl (C=O) groups excluding carboxylic acids is 2. The Labute approximate surface area is 147 Å². The Morgan fingerprint density at radius 2 is 1.88 bits per heavy atom. The van der Waals surface area contributed by atoms with E-state index < -0.39 is 17.2 Å². The van der Waals surface area contributed by atoms with Gasteiger partial charge in [-0.05, 0) is 30.2 Å². The minimum absolute atomic E-state index is 0.0787. The predicted molar refractivity (Wildman–Crippen MR) is 92.8 cm³/mol. The molecular formula is C14H17ClN6O2S. The maximum atomic E-state index is 12.1. The van der Waals surface area contributed by atoms with E-state index in [1.807, 2.05) is 13.8 Å². The molecule has 128 valence electrons. The van der Waals surface area contributed by atoms with Crippen LogP contribution >= 0.6 is 23.4 Å². The quantitative estimate of drug-likeness (QED) is 0.543. The molecule has 24 heavy (non-hydrogen) atoms. The summed E-state index contributed by atoms with van der Waals surface area (Å²) in [5.41, 5.74) is 5.74. The normalized spacial score (nSPS) is 12.2. The van der Waals surface area contributed by atoms with Crippen LogP contribution in [0.4, 0.5) is 4.79 Å². The van der Waals surface area contributed by atoms with Crippen LogP contribution in [0, 0.1) is 5.92 Å². The number of amides is 3. The van der Waals surface area contributed by atoms with E-state index >= 15 is 0 Å². The topological polar surface area (TPSA) is 129 Å². The zero-order chi connectivity index (χ0) is 17.9. The minimum atomic E-state index is -0.901. The summed E-state index contributed by atoms with van der Waals surface area (Å²) in [5, 5.41) is 10.5. The molecule has 0 saturated heterocycles. The third-order valence-corrected chi connectivity index (χ3v) is 4.86. The number of rotatable bonds is 5. The van der Waals surface area contributed by atoms with Gasteiger partial charge >= 0.3 is 6.03 Å². The van der Waals surface area contributed by atoms with Crippen molar-refractivity contribution in [1.29, 1.82) is 0 Å². The van der Waals surface area contributed by atoms with Crippen molar-refractivity contribution in [2.45, 2.75) is 24.3 Å². The first kappa shape index (κ1) is 18.1. The SMILES string of the molecule is CC(C)[C@H](Sc1nnc(-c2ccc(Cl)cc2)n1N)C(=O)NC(N)=O. The molecule has 0 fully saturated rings. The van der Waals surface area contributed by atoms with E-state index in [0.717, 1.165) is 17.3 Å². The molecule has 5 N–H and O–H groups in total. The number of nitrogens with one attached hydrogen (secondary N) is 1. The van der Waals surface area contributed by atoms with E-state index in [4.69, 9.17) is 23.2 Å². The van der Waals surface area contributed by atoms with Crippen LogP contribution in [-0.2, 0) is 4.79 Å². The largest absolute Gasteiger partial charge is 0.351 e. The fourth-order valence-corrected chi connectivity index (χ4v) is 3.03. The van der Waals surface area contributed by atoms with Crippen molar-refractivity contribution in [3.8, 4) is 11.4 Å². The molecule has 1 heterocycles. The van der Waals surface area contributed by atoms with Gasteiger partial charge in [0.25, 0.3) is 0 Å². The van der Waals surface area contributed by atoms with Crippen molar-refractivity contribution in [2.24, 2.45) is 11.7 Å². The third kappa shape index (κ3) is 4.18. The second kappa shape index (κ2) is 7.54. The molecule has 0 radical (unpaired) electrons. The summed E-state index contributed by atoms with van der Waals surface area (Å²) in [5.74, 6) is 5.89. The summed E-state index contributed by atoms with van der Waals surface area (Å²) in [6.45, 7) is 3.69. The van der Waals surface area contributed by atoms with Gasteiger partial charge in [-0.1, -0.05) is 37.2 Å². The third-order valence-electron chi connectivity index (χ3n) is 3.11. The van der Waals surface area contributed by atoms with E-state index in [2.05, 4.69) is 15.5 Å². The van der Waals surface area contributed by atoms with Crippen LogP contribution in [0.5, 0.6) is 0 Å². The smallest absolute Gasteiger partial charge is 0.318 e. The standard InChI is InChI=1S/C14H17ClN6O2S/c1-7(2)10(12(22)18-13(16)23)24-14-20-19-11(21(14)17)8-3-5-9(15)6-4-8/h3-7,10H,17H2,1-2H3,(H3,16,18,22,23)/t10-/m0/s1. The van der Waals surface area contributed by atoms with Gasteiger partial charge in [-0.2, -0.15) is 0 Å². The number of hydrogen-bond acceptors (Lipinski definition) is 6. The number of thioether (sulfide) groups is 1. The highest BCUT2D eigenvalue weighted by Gasteiger charge is 2.27. The number of primary amides is 1. The molecule has 2 aromatic rings. The molecule has 0 unspecified atom stereocenters. The molecule has 2 rings (SSSR count). The molecule has 10 heteroatoms. The van der Waals surface area contributed by atoms with Crippen LogP contribution in [0.25, 0.3) is 11.4 Å². The van der Waals surface area contributed by atoms with Crippen molar-refractivity contribution in [3.05, 3.63) is 29.3 Å². The first-order chi connectivity index (χ1) is 11.3. The van der Waals surface area contributed by atoms with Gasteiger partial charge in [0.1, 0.15) is 0 Å². The van der Waals surface area contributed by atoms with Crippen LogP contribution in [0.2, 0.25) is 5.02 Å². The number of nitrogens with two attached hydrogens (primary N) is 2. The summed E-state index contributed by atoms with van der Waals surface area (Å²) in [4.78, 5) is 23.0. The molecule has 1 aromatic carbocycles. The van der Waals surface area contributed by atoms with Crippen molar-refractivity contribution < 1.29 is 9.59 Å². The molecule has 0 aliphatic carbocycles. The van der Waals surface area contributed by atoms with E-state index in [9.17, 15) is 9.59 Å². The molecule has 0 aliphatic rings. The number of urea groups is 1. The van der Waals surface area contributed by atoms with Gasteiger partial charge in [-0.15, -0.1) is 10.2 Å². The minimum Gasteiger partial charge on any atom is -0.351 e. The second-order valence-electron chi connectivity index (χ2n) is 5.32. The lowest BCUT2D eigenvalue weighted by Crippen LogP contribution is -2.42. The van der Waals surface area contributed by atoms with Gasteiger partial charge < -0.3 is 11.6 Å². The summed E-state index contributed by atoms with van der Waals surface area (Å²) in [6.07, 6.45) is 0. The predicted octanol–water partition coefficient (Wildman–Crippen LogP) is 1.62. The van der Waals surface area contributed by atoms with Crippen LogP contribution in [-0.4, -0.2) is 32.1 Å². The van der Waals surface area contributed by atoms with Gasteiger partial charge in [0.15, 0.2) is 5.82 Å². The zero-order valence-corrected chi connectivity index (χ0v) is 14.6. The Hall–Kier alpha value is -2.26. The van der Waals surface area contributed by atoms with E-state index in [1.54, 1.807) is 24.3 Å². The average Bonchev–Trinajstić information content (AvgIpc) is 2.85. The number of hydrogen-bond donors (Lipinski definition) is 3. The highest BCUT2D eigenvalue weighted by atomic mass is 35.5. The average molecular weight is 369 g/mol. The lowest BCUT2D eigenvalue weighted by atomic mass is 10.1. The Kier molecular flexibility index (Phi) is 5.68. The van der Waals surface area contributed by atoms with E-state index in [1.165, 1.54) is 4.68 Å². The summed E-state index contributed by atoms with van der Waals surface area (Å²) in [7, 11) is 0. The molecule has 0 saturated carbocycles. The zero-order valence-electron chi connectivity index (χ0n) is 13.1. The Morgan fingerprint density at radius 3 is 2.42 bits per heavy atom. The maximum absolute atomic E-state index is 12.1.